The summed E-state index contributed by atoms with van der Waals surface area (Å²) in [7, 11) is 0. The zero-order valence-corrected chi connectivity index (χ0v) is 17.6. The average Bonchev–Trinajstić information content (AvgIpc) is 2.76. The van der Waals surface area contributed by atoms with Gasteiger partial charge >= 0.3 is 0 Å². The lowest BCUT2D eigenvalue weighted by molar-refractivity contribution is 0.114. The largest absolute Gasteiger partial charge is 0.204 e. The van der Waals surface area contributed by atoms with E-state index in [1.54, 1.807) is 0 Å². The second-order valence-electron chi connectivity index (χ2n) is 9.12. The Kier molecular flexibility index (Phi) is 6.52. The van der Waals surface area contributed by atoms with E-state index in [1.165, 1.54) is 56.9 Å². The molecule has 0 heterocycles. The van der Waals surface area contributed by atoms with Crippen LogP contribution in [0, 0.1) is 47.0 Å². The number of halogens is 3. The molecule has 158 valence electrons. The molecule has 0 N–H and O–H groups in total. The highest BCUT2D eigenvalue weighted by atomic mass is 19.2. The molecular formula is C27H29F3. The molecule has 2 fully saturated rings. The third kappa shape index (κ3) is 4.75. The van der Waals surface area contributed by atoms with Gasteiger partial charge in [0.25, 0.3) is 0 Å². The third-order valence-corrected chi connectivity index (χ3v) is 7.14. The first-order valence-corrected chi connectivity index (χ1v) is 11.3. The van der Waals surface area contributed by atoms with Crippen molar-refractivity contribution in [2.75, 3.05) is 0 Å². The van der Waals surface area contributed by atoms with Crippen LogP contribution in [0.15, 0.2) is 36.4 Å². The van der Waals surface area contributed by atoms with Gasteiger partial charge in [-0.1, -0.05) is 50.2 Å². The maximum atomic E-state index is 13.3. The Morgan fingerprint density at radius 1 is 0.800 bits per heavy atom. The van der Waals surface area contributed by atoms with Crippen molar-refractivity contribution in [1.82, 2.24) is 0 Å². The van der Waals surface area contributed by atoms with Crippen LogP contribution in [-0.2, 0) is 0 Å². The molecule has 0 amide bonds. The van der Waals surface area contributed by atoms with Gasteiger partial charge in [-0.2, -0.15) is 0 Å². The monoisotopic (exact) mass is 410 g/mol. The van der Waals surface area contributed by atoms with Crippen molar-refractivity contribution < 1.29 is 13.2 Å². The average molecular weight is 411 g/mol. The van der Waals surface area contributed by atoms with Gasteiger partial charge in [0.1, 0.15) is 0 Å². The fourth-order valence-corrected chi connectivity index (χ4v) is 5.57. The van der Waals surface area contributed by atoms with E-state index >= 15 is 0 Å². The molecule has 0 aliphatic heterocycles. The summed E-state index contributed by atoms with van der Waals surface area (Å²) >= 11 is 0. The van der Waals surface area contributed by atoms with Crippen molar-refractivity contribution in [1.29, 1.82) is 0 Å². The maximum Gasteiger partial charge on any atom is 0.194 e. The van der Waals surface area contributed by atoms with Gasteiger partial charge < -0.3 is 0 Å². The molecule has 30 heavy (non-hydrogen) atoms. The maximum absolute atomic E-state index is 13.3. The van der Waals surface area contributed by atoms with E-state index in [0.29, 0.717) is 5.92 Å². The summed E-state index contributed by atoms with van der Waals surface area (Å²) in [5, 5.41) is 0. The van der Waals surface area contributed by atoms with Crippen LogP contribution in [-0.4, -0.2) is 0 Å². The van der Waals surface area contributed by atoms with Gasteiger partial charge in [-0.15, -0.1) is 0 Å². The zero-order valence-electron chi connectivity index (χ0n) is 17.6. The summed E-state index contributed by atoms with van der Waals surface area (Å²) < 4.78 is 39.7. The van der Waals surface area contributed by atoms with Gasteiger partial charge in [0.15, 0.2) is 17.5 Å². The lowest BCUT2D eigenvalue weighted by atomic mass is 9.63. The van der Waals surface area contributed by atoms with E-state index in [2.05, 4.69) is 30.9 Å². The molecule has 2 aromatic carbocycles. The Hall–Kier alpha value is -2.21. The number of benzene rings is 2. The molecule has 0 spiro atoms. The van der Waals surface area contributed by atoms with Gasteiger partial charge in [0, 0.05) is 11.1 Å². The quantitative estimate of drug-likeness (QED) is 0.361. The number of rotatable bonds is 3. The van der Waals surface area contributed by atoms with Crippen molar-refractivity contribution in [3.63, 3.8) is 0 Å². The molecule has 0 radical (unpaired) electrons. The summed E-state index contributed by atoms with van der Waals surface area (Å²) in [5.74, 6) is 5.13. The zero-order chi connectivity index (χ0) is 21.1. The molecule has 0 aromatic heterocycles. The predicted molar refractivity (Wildman–Crippen MR) is 115 cm³/mol. The summed E-state index contributed by atoms with van der Waals surface area (Å²) in [5.41, 5.74) is 2.29. The molecule has 1 unspecified atom stereocenters. The van der Waals surface area contributed by atoms with E-state index in [-0.39, 0.29) is 5.56 Å². The van der Waals surface area contributed by atoms with E-state index < -0.39 is 17.5 Å². The number of fused-ring (bicyclic) bond motifs is 1. The molecule has 2 aliphatic rings. The number of hydrogen-bond acceptors (Lipinski definition) is 0. The highest BCUT2D eigenvalue weighted by molar-refractivity contribution is 5.44. The fraction of sp³-hybridized carbons (Fsp3) is 0.481. The van der Waals surface area contributed by atoms with Crippen LogP contribution in [0.2, 0.25) is 0 Å². The molecule has 2 aliphatic carbocycles. The lowest BCUT2D eigenvalue weighted by Crippen LogP contribution is -2.30. The van der Waals surface area contributed by atoms with Crippen molar-refractivity contribution >= 4 is 0 Å². The topological polar surface area (TPSA) is 0 Å². The Balaban J connectivity index is 1.39. The van der Waals surface area contributed by atoms with Crippen LogP contribution in [0.4, 0.5) is 13.2 Å². The molecule has 0 bridgehead atoms. The third-order valence-electron chi connectivity index (χ3n) is 7.14. The Morgan fingerprint density at radius 2 is 1.43 bits per heavy atom. The molecule has 2 aromatic rings. The first-order chi connectivity index (χ1) is 14.5. The van der Waals surface area contributed by atoms with Crippen LogP contribution in [0.5, 0.6) is 0 Å². The van der Waals surface area contributed by atoms with Gasteiger partial charge in [-0.25, -0.2) is 13.2 Å². The molecule has 4 rings (SSSR count). The van der Waals surface area contributed by atoms with Crippen LogP contribution < -0.4 is 0 Å². The van der Waals surface area contributed by atoms with E-state index in [4.69, 9.17) is 0 Å². The van der Waals surface area contributed by atoms with Crippen molar-refractivity contribution in [2.45, 2.75) is 64.2 Å². The summed E-state index contributed by atoms with van der Waals surface area (Å²) in [6.07, 6.45) is 10.8. The number of hydrogen-bond donors (Lipinski definition) is 0. The van der Waals surface area contributed by atoms with Gasteiger partial charge in [-0.3, -0.25) is 0 Å². The Bertz CT molecular complexity index is 912. The highest BCUT2D eigenvalue weighted by Crippen LogP contribution is 2.48. The first kappa shape index (κ1) is 21.0. The SMILES string of the molecule is CCCC1CC[C@@H]2C[C@H](c3ccc(C#Cc4cc(F)c(F)c(F)c4)cc3)CC[C@@H]2C1. The fourth-order valence-electron chi connectivity index (χ4n) is 5.57. The Labute approximate surface area is 177 Å². The van der Waals surface area contributed by atoms with Crippen molar-refractivity contribution in [3.8, 4) is 11.8 Å². The lowest BCUT2D eigenvalue weighted by Gasteiger charge is -2.42. The molecule has 2 saturated carbocycles. The smallest absolute Gasteiger partial charge is 0.194 e. The minimum absolute atomic E-state index is 0.132. The molecule has 3 heteroatoms. The van der Waals surface area contributed by atoms with Crippen LogP contribution in [0.25, 0.3) is 0 Å². The minimum atomic E-state index is -1.46. The second-order valence-corrected chi connectivity index (χ2v) is 9.12. The second kappa shape index (κ2) is 9.29. The van der Waals surface area contributed by atoms with Gasteiger partial charge in [-0.05, 0) is 85.6 Å². The van der Waals surface area contributed by atoms with E-state index in [9.17, 15) is 13.2 Å². The van der Waals surface area contributed by atoms with Gasteiger partial charge in [0.2, 0.25) is 0 Å². The predicted octanol–water partition coefficient (Wildman–Crippen LogP) is 7.60. The summed E-state index contributed by atoms with van der Waals surface area (Å²) in [6.45, 7) is 2.30. The summed E-state index contributed by atoms with van der Waals surface area (Å²) in [4.78, 5) is 0. The molecule has 0 saturated heterocycles. The van der Waals surface area contributed by atoms with Gasteiger partial charge in [0.05, 0.1) is 0 Å². The summed E-state index contributed by atoms with van der Waals surface area (Å²) in [6, 6.07) is 10.1. The van der Waals surface area contributed by atoms with Crippen LogP contribution in [0.1, 0.15) is 80.9 Å². The molecular weight excluding hydrogens is 381 g/mol. The highest BCUT2D eigenvalue weighted by Gasteiger charge is 2.35. The standard InChI is InChI=1S/C27H29F3/c1-2-3-19-8-11-24-17-23(13-12-22(24)14-19)21-9-6-18(7-10-21)4-5-20-15-25(28)27(30)26(29)16-20/h6-7,9-10,15-16,19,22-24H,2-3,8,11-14,17H2,1H3/t19?,22-,23-,24-/m1/s1. The molecule has 0 nitrogen and oxygen atoms in total. The minimum Gasteiger partial charge on any atom is -0.204 e. The van der Waals surface area contributed by atoms with Crippen molar-refractivity contribution in [3.05, 3.63) is 70.5 Å². The normalized spacial score (nSPS) is 25.9. The molecule has 4 atom stereocenters. The Morgan fingerprint density at radius 3 is 2.13 bits per heavy atom. The van der Waals surface area contributed by atoms with Crippen molar-refractivity contribution in [2.24, 2.45) is 17.8 Å². The first-order valence-electron chi connectivity index (χ1n) is 11.3. The van der Waals surface area contributed by atoms with Crippen LogP contribution in [0.3, 0.4) is 0 Å². The van der Waals surface area contributed by atoms with E-state index in [1.807, 2.05) is 12.1 Å². The van der Waals surface area contributed by atoms with E-state index in [0.717, 1.165) is 35.4 Å². The van der Waals surface area contributed by atoms with Crippen LogP contribution >= 0.6 is 0 Å².